The van der Waals surface area contributed by atoms with Gasteiger partial charge < -0.3 is 25.4 Å². The van der Waals surface area contributed by atoms with Gasteiger partial charge in [0.25, 0.3) is 0 Å². The van der Waals surface area contributed by atoms with Gasteiger partial charge in [0.05, 0.1) is 12.0 Å². The summed E-state index contributed by atoms with van der Waals surface area (Å²) in [5, 5.41) is 16.7. The quantitative estimate of drug-likeness (QED) is 0.252. The van der Waals surface area contributed by atoms with Gasteiger partial charge in [-0.05, 0) is 56.6 Å². The SMILES string of the molecule is O=COC(=O)CC1(O)CCN(C(=O)NCCCCc2ccc3c(n2)NCCC3)CC1. The van der Waals surface area contributed by atoms with Crippen LogP contribution in [0.2, 0.25) is 0 Å². The lowest BCUT2D eigenvalue weighted by Crippen LogP contribution is -2.50. The molecule has 9 heteroatoms. The monoisotopic (exact) mass is 418 g/mol. The number of fused-ring (bicyclic) bond motifs is 1. The molecule has 0 aromatic carbocycles. The fraction of sp³-hybridized carbons (Fsp3) is 0.619. The number of urea groups is 1. The number of nitrogens with one attached hydrogen (secondary N) is 2. The van der Waals surface area contributed by atoms with Gasteiger partial charge in [0.1, 0.15) is 5.82 Å². The van der Waals surface area contributed by atoms with Crippen molar-refractivity contribution < 1.29 is 24.2 Å². The summed E-state index contributed by atoms with van der Waals surface area (Å²) >= 11 is 0. The summed E-state index contributed by atoms with van der Waals surface area (Å²) in [6, 6.07) is 4.08. The zero-order chi connectivity index (χ0) is 21.4. The van der Waals surface area contributed by atoms with E-state index in [4.69, 9.17) is 0 Å². The molecule has 3 rings (SSSR count). The molecule has 0 aliphatic carbocycles. The normalized spacial score (nSPS) is 17.4. The molecule has 1 saturated heterocycles. The molecule has 2 aliphatic rings. The number of aryl methyl sites for hydroxylation is 2. The third-order valence-electron chi connectivity index (χ3n) is 5.72. The minimum atomic E-state index is -1.23. The molecule has 2 amide bonds. The number of piperidine rings is 1. The third-order valence-corrected chi connectivity index (χ3v) is 5.72. The molecular formula is C21H30N4O5. The van der Waals surface area contributed by atoms with Crippen LogP contribution in [0.15, 0.2) is 12.1 Å². The number of likely N-dealkylation sites (tertiary alicyclic amines) is 1. The van der Waals surface area contributed by atoms with Crippen molar-refractivity contribution in [1.82, 2.24) is 15.2 Å². The van der Waals surface area contributed by atoms with E-state index in [0.29, 0.717) is 19.6 Å². The maximum Gasteiger partial charge on any atom is 0.317 e. The largest absolute Gasteiger partial charge is 0.395 e. The van der Waals surface area contributed by atoms with Crippen molar-refractivity contribution in [3.63, 3.8) is 0 Å². The van der Waals surface area contributed by atoms with Gasteiger partial charge in [0.15, 0.2) is 0 Å². The van der Waals surface area contributed by atoms with Crippen LogP contribution in [-0.4, -0.2) is 65.2 Å². The minimum Gasteiger partial charge on any atom is -0.395 e. The number of hydrogen-bond donors (Lipinski definition) is 3. The maximum atomic E-state index is 12.3. The van der Waals surface area contributed by atoms with Gasteiger partial charge in [-0.1, -0.05) is 6.07 Å². The predicted octanol–water partition coefficient (Wildman–Crippen LogP) is 1.39. The van der Waals surface area contributed by atoms with E-state index < -0.39 is 11.6 Å². The molecule has 1 aromatic heterocycles. The Balaban J connectivity index is 1.32. The number of nitrogens with zero attached hydrogens (tertiary/aromatic N) is 2. The molecule has 3 N–H and O–H groups in total. The van der Waals surface area contributed by atoms with Crippen LogP contribution in [0.5, 0.6) is 0 Å². The first kappa shape index (κ1) is 22.0. The standard InChI is InChI=1S/C21H30N4O5/c26-15-30-18(27)14-21(29)8-12-25(13-9-21)20(28)23-10-2-1-5-17-7-6-16-4-3-11-22-19(16)24-17/h6-7,15,29H,1-5,8-14H2,(H,22,24)(H,23,28). The summed E-state index contributed by atoms with van der Waals surface area (Å²) in [4.78, 5) is 40.2. The zero-order valence-electron chi connectivity index (χ0n) is 17.2. The lowest BCUT2D eigenvalue weighted by atomic mass is 9.88. The van der Waals surface area contributed by atoms with Crippen LogP contribution in [0.25, 0.3) is 0 Å². The first-order chi connectivity index (χ1) is 14.5. The molecule has 1 aromatic rings. The Morgan fingerprint density at radius 2 is 2.10 bits per heavy atom. The third kappa shape index (κ3) is 6.16. The summed E-state index contributed by atoms with van der Waals surface area (Å²) in [7, 11) is 0. The number of hydrogen-bond acceptors (Lipinski definition) is 7. The molecule has 0 atom stereocenters. The van der Waals surface area contributed by atoms with Crippen LogP contribution in [0, 0.1) is 0 Å². The molecule has 9 nitrogen and oxygen atoms in total. The second-order valence-corrected chi connectivity index (χ2v) is 8.00. The molecule has 30 heavy (non-hydrogen) atoms. The Morgan fingerprint density at radius 1 is 1.30 bits per heavy atom. The number of ether oxygens (including phenoxy) is 1. The lowest BCUT2D eigenvalue weighted by molar-refractivity contribution is -0.156. The highest BCUT2D eigenvalue weighted by atomic mass is 16.6. The number of pyridine rings is 1. The number of aromatic nitrogens is 1. The molecule has 0 unspecified atom stereocenters. The zero-order valence-corrected chi connectivity index (χ0v) is 17.2. The number of carbonyl (C=O) groups is 3. The van der Waals surface area contributed by atoms with Crippen molar-refractivity contribution in [2.24, 2.45) is 0 Å². The number of esters is 1. The molecule has 164 valence electrons. The first-order valence-electron chi connectivity index (χ1n) is 10.6. The smallest absolute Gasteiger partial charge is 0.317 e. The van der Waals surface area contributed by atoms with Gasteiger partial charge in [0, 0.05) is 31.9 Å². The summed E-state index contributed by atoms with van der Waals surface area (Å²) in [5.41, 5.74) is 1.12. The van der Waals surface area contributed by atoms with Crippen LogP contribution < -0.4 is 10.6 Å². The number of carbonyl (C=O) groups excluding carboxylic acids is 3. The Kier molecular flexibility index (Phi) is 7.62. The fourth-order valence-corrected chi connectivity index (χ4v) is 3.91. The summed E-state index contributed by atoms with van der Waals surface area (Å²) in [6.07, 6.45) is 5.19. The van der Waals surface area contributed by atoms with Gasteiger partial charge in [0.2, 0.25) is 0 Å². The predicted molar refractivity (Wildman–Crippen MR) is 110 cm³/mol. The van der Waals surface area contributed by atoms with Crippen molar-refractivity contribution in [1.29, 1.82) is 0 Å². The molecular weight excluding hydrogens is 388 g/mol. The van der Waals surface area contributed by atoms with Crippen LogP contribution in [-0.2, 0) is 27.2 Å². The average molecular weight is 418 g/mol. The number of amides is 2. The van der Waals surface area contributed by atoms with Gasteiger partial charge in [-0.25, -0.2) is 9.78 Å². The van der Waals surface area contributed by atoms with Crippen molar-refractivity contribution >= 4 is 24.3 Å². The van der Waals surface area contributed by atoms with Crippen LogP contribution >= 0.6 is 0 Å². The number of rotatable bonds is 8. The summed E-state index contributed by atoms with van der Waals surface area (Å²) < 4.78 is 4.24. The van der Waals surface area contributed by atoms with Crippen LogP contribution in [0.4, 0.5) is 10.6 Å². The van der Waals surface area contributed by atoms with Gasteiger partial charge >= 0.3 is 18.5 Å². The number of unbranched alkanes of at least 4 members (excludes halogenated alkanes) is 1. The molecule has 0 spiro atoms. The van der Waals surface area contributed by atoms with Gasteiger partial charge in [-0.2, -0.15) is 0 Å². The first-order valence-corrected chi connectivity index (χ1v) is 10.6. The Bertz CT molecular complexity index is 762. The van der Waals surface area contributed by atoms with E-state index in [1.807, 2.05) is 0 Å². The molecule has 2 aliphatic heterocycles. The number of aliphatic hydroxyl groups is 1. The lowest BCUT2D eigenvalue weighted by Gasteiger charge is -2.37. The molecule has 0 saturated carbocycles. The van der Waals surface area contributed by atoms with E-state index >= 15 is 0 Å². The highest BCUT2D eigenvalue weighted by Gasteiger charge is 2.36. The summed E-state index contributed by atoms with van der Waals surface area (Å²) in [6.45, 7) is 2.32. The fourth-order valence-electron chi connectivity index (χ4n) is 3.91. The Morgan fingerprint density at radius 3 is 2.87 bits per heavy atom. The average Bonchev–Trinajstić information content (AvgIpc) is 2.73. The summed E-state index contributed by atoms with van der Waals surface area (Å²) in [5.74, 6) is 0.256. The van der Waals surface area contributed by atoms with E-state index in [-0.39, 0.29) is 31.8 Å². The number of anilines is 1. The van der Waals surface area contributed by atoms with E-state index in [1.54, 1.807) is 4.90 Å². The van der Waals surface area contributed by atoms with Gasteiger partial charge in [-0.3, -0.25) is 9.59 Å². The second kappa shape index (κ2) is 10.4. The minimum absolute atomic E-state index is 0.0623. The molecule has 1 fully saturated rings. The van der Waals surface area contributed by atoms with Crippen molar-refractivity contribution in [3.05, 3.63) is 23.4 Å². The maximum absolute atomic E-state index is 12.3. The highest BCUT2D eigenvalue weighted by Crippen LogP contribution is 2.26. The van der Waals surface area contributed by atoms with Gasteiger partial charge in [-0.15, -0.1) is 0 Å². The van der Waals surface area contributed by atoms with Crippen molar-refractivity contribution in [2.45, 2.75) is 57.0 Å². The molecule has 3 heterocycles. The van der Waals surface area contributed by atoms with E-state index in [0.717, 1.165) is 50.2 Å². The van der Waals surface area contributed by atoms with E-state index in [9.17, 15) is 19.5 Å². The topological polar surface area (TPSA) is 121 Å². The Labute approximate surface area is 176 Å². The van der Waals surface area contributed by atoms with Crippen molar-refractivity contribution in [2.75, 3.05) is 31.5 Å². The highest BCUT2D eigenvalue weighted by molar-refractivity contribution is 5.77. The van der Waals surface area contributed by atoms with E-state index in [2.05, 4.69) is 32.5 Å². The molecule has 0 bridgehead atoms. The van der Waals surface area contributed by atoms with Crippen LogP contribution in [0.1, 0.15) is 49.8 Å². The van der Waals surface area contributed by atoms with Crippen LogP contribution in [0.3, 0.4) is 0 Å². The molecule has 0 radical (unpaired) electrons. The second-order valence-electron chi connectivity index (χ2n) is 8.00. The Hall–Kier alpha value is -2.68. The van der Waals surface area contributed by atoms with Crippen molar-refractivity contribution in [3.8, 4) is 0 Å². The van der Waals surface area contributed by atoms with E-state index in [1.165, 1.54) is 5.56 Å².